The molecule has 0 spiro atoms. The topological polar surface area (TPSA) is 63.1 Å². The second-order valence-corrected chi connectivity index (χ2v) is 13.6. The van der Waals surface area contributed by atoms with Crippen molar-refractivity contribution in [2.45, 2.75) is 66.2 Å². The minimum absolute atomic E-state index is 0. The van der Waals surface area contributed by atoms with Crippen molar-refractivity contribution >= 4 is 38.1 Å². The summed E-state index contributed by atoms with van der Waals surface area (Å²) in [5, 5.41) is 13.2. The number of aliphatic hydroxyl groups is 1. The molecule has 49 heavy (non-hydrogen) atoms. The Hall–Kier alpha value is -3.96. The maximum Gasteiger partial charge on any atom is 0.162 e. The van der Waals surface area contributed by atoms with Crippen molar-refractivity contribution in [1.29, 1.82) is 0 Å². The van der Waals surface area contributed by atoms with Crippen molar-refractivity contribution in [3.63, 3.8) is 0 Å². The summed E-state index contributed by atoms with van der Waals surface area (Å²) < 4.78 is 0. The van der Waals surface area contributed by atoms with Crippen LogP contribution in [0.2, 0.25) is 0 Å². The smallest absolute Gasteiger partial charge is 0.162 e. The van der Waals surface area contributed by atoms with Crippen LogP contribution in [-0.2, 0) is 37.7 Å². The van der Waals surface area contributed by atoms with Gasteiger partial charge in [-0.2, -0.15) is 0 Å². The van der Waals surface area contributed by atoms with Gasteiger partial charge in [0.25, 0.3) is 0 Å². The standard InChI is InChI=1S/C30H19N2S.C13H24O2.Ir/c1-2-8-19(9-3-1)25-17-22(16-21-11-5-6-12-23(21)25)29-28-27-24-13-7-4-10-20(24)14-15-26(27)33-30(28)32-18-31-29;1-5-10(6-2)12(14)9-13(15)11(7-3)8-4;/h1-13,17-18H,14-15H2;9-11,14H,5-8H2,1-4H3;/q-1;;/b;12-9-;. The van der Waals surface area contributed by atoms with E-state index in [-0.39, 0.29) is 43.5 Å². The van der Waals surface area contributed by atoms with Crippen LogP contribution in [0.4, 0.5) is 0 Å². The number of hydrogen-bond acceptors (Lipinski definition) is 5. The molecule has 4 aromatic carbocycles. The van der Waals surface area contributed by atoms with Crippen LogP contribution in [0, 0.1) is 17.9 Å². The van der Waals surface area contributed by atoms with Gasteiger partial charge in [-0.3, -0.25) is 9.78 Å². The Balaban J connectivity index is 0.000000252. The minimum Gasteiger partial charge on any atom is -0.512 e. The number of carbonyl (C=O) groups excluding carboxylic acids is 1. The van der Waals surface area contributed by atoms with Gasteiger partial charge in [0.15, 0.2) is 5.78 Å². The zero-order valence-electron chi connectivity index (χ0n) is 28.6. The summed E-state index contributed by atoms with van der Waals surface area (Å²) in [4.78, 5) is 23.7. The molecule has 1 N–H and O–H groups in total. The Morgan fingerprint density at radius 3 is 2.24 bits per heavy atom. The predicted octanol–water partition coefficient (Wildman–Crippen LogP) is 11.6. The van der Waals surface area contributed by atoms with Crippen LogP contribution >= 0.6 is 11.3 Å². The first-order valence-corrected chi connectivity index (χ1v) is 18.1. The van der Waals surface area contributed by atoms with Gasteiger partial charge in [-0.05, 0) is 55.2 Å². The maximum absolute atomic E-state index is 11.7. The molecule has 0 amide bonds. The number of fused-ring (bicyclic) bond motifs is 6. The summed E-state index contributed by atoms with van der Waals surface area (Å²) in [6.07, 6.45) is 8.75. The first-order chi connectivity index (χ1) is 23.5. The van der Waals surface area contributed by atoms with E-state index in [0.29, 0.717) is 0 Å². The largest absolute Gasteiger partial charge is 0.512 e. The average molecular weight is 844 g/mol. The molecule has 1 radical (unpaired) electrons. The van der Waals surface area contributed by atoms with Crippen molar-refractivity contribution in [3.8, 4) is 33.5 Å². The molecule has 1 aliphatic carbocycles. The second kappa shape index (κ2) is 16.6. The Kier molecular flexibility index (Phi) is 12.3. The molecular weight excluding hydrogens is 801 g/mol. The molecule has 0 unspecified atom stereocenters. The van der Waals surface area contributed by atoms with Gasteiger partial charge in [0.1, 0.15) is 11.2 Å². The van der Waals surface area contributed by atoms with E-state index in [1.54, 1.807) is 6.33 Å². The third kappa shape index (κ3) is 7.62. The van der Waals surface area contributed by atoms with Gasteiger partial charge in [-0.1, -0.05) is 117 Å². The summed E-state index contributed by atoms with van der Waals surface area (Å²) in [7, 11) is 0. The number of allylic oxidation sites excluding steroid dienone is 2. The summed E-state index contributed by atoms with van der Waals surface area (Å²) in [6, 6.07) is 33.8. The molecule has 7 rings (SSSR count). The number of ketones is 1. The number of thiophene rings is 1. The minimum atomic E-state index is 0. The third-order valence-corrected chi connectivity index (χ3v) is 10.8. The molecule has 6 aromatic rings. The molecule has 4 nitrogen and oxygen atoms in total. The maximum atomic E-state index is 11.7. The van der Waals surface area contributed by atoms with Crippen molar-refractivity contribution < 1.29 is 30.0 Å². The van der Waals surface area contributed by atoms with Crippen molar-refractivity contribution in [2.24, 2.45) is 11.8 Å². The Labute approximate surface area is 307 Å². The Morgan fingerprint density at radius 2 is 1.51 bits per heavy atom. The molecule has 2 heterocycles. The predicted molar refractivity (Wildman–Crippen MR) is 201 cm³/mol. The second-order valence-electron chi connectivity index (χ2n) is 12.5. The zero-order valence-corrected chi connectivity index (χ0v) is 31.8. The van der Waals surface area contributed by atoms with Gasteiger partial charge in [-0.25, -0.2) is 4.98 Å². The summed E-state index contributed by atoms with van der Waals surface area (Å²) in [6.45, 7) is 8.07. The molecule has 0 bridgehead atoms. The number of benzene rings is 4. The van der Waals surface area contributed by atoms with Gasteiger partial charge in [0, 0.05) is 59.5 Å². The first kappa shape index (κ1) is 36.3. The van der Waals surface area contributed by atoms with Gasteiger partial charge in [-0.15, -0.1) is 34.9 Å². The molecule has 0 saturated carbocycles. The molecule has 6 heteroatoms. The van der Waals surface area contributed by atoms with Gasteiger partial charge < -0.3 is 5.11 Å². The fraction of sp³-hybridized carbons (Fsp3) is 0.279. The molecule has 253 valence electrons. The van der Waals surface area contributed by atoms with Crippen LogP contribution in [0.25, 0.3) is 54.5 Å². The fourth-order valence-corrected chi connectivity index (χ4v) is 8.02. The zero-order chi connectivity index (χ0) is 33.6. The van der Waals surface area contributed by atoms with E-state index in [0.717, 1.165) is 65.4 Å². The monoisotopic (exact) mass is 844 g/mol. The van der Waals surface area contributed by atoms with Gasteiger partial charge >= 0.3 is 0 Å². The normalized spacial score (nSPS) is 12.3. The Morgan fingerprint density at radius 1 is 0.837 bits per heavy atom. The third-order valence-electron chi connectivity index (χ3n) is 9.67. The summed E-state index contributed by atoms with van der Waals surface area (Å²) in [5.41, 5.74) is 8.44. The first-order valence-electron chi connectivity index (χ1n) is 17.3. The molecule has 0 atom stereocenters. The number of aryl methyl sites for hydroxylation is 2. The van der Waals surface area contributed by atoms with Crippen LogP contribution < -0.4 is 0 Å². The number of hydrogen-bond donors (Lipinski definition) is 1. The number of aromatic nitrogens is 2. The number of rotatable bonds is 9. The van der Waals surface area contributed by atoms with Crippen LogP contribution in [0.5, 0.6) is 0 Å². The van der Waals surface area contributed by atoms with Crippen molar-refractivity contribution in [2.75, 3.05) is 0 Å². The van der Waals surface area contributed by atoms with E-state index < -0.39 is 0 Å². The van der Waals surface area contributed by atoms with E-state index in [1.807, 2.05) is 39.0 Å². The summed E-state index contributed by atoms with van der Waals surface area (Å²) >= 11 is 1.81. The van der Waals surface area contributed by atoms with E-state index in [9.17, 15) is 9.90 Å². The molecule has 0 aliphatic heterocycles. The molecular formula is C43H43IrN2O2S-. The van der Waals surface area contributed by atoms with E-state index in [2.05, 4.69) is 96.0 Å². The number of aliphatic hydroxyl groups excluding tert-OH is 1. The van der Waals surface area contributed by atoms with Crippen LogP contribution in [0.15, 0.2) is 103 Å². The summed E-state index contributed by atoms with van der Waals surface area (Å²) in [5.74, 6) is 0.547. The fourth-order valence-electron chi connectivity index (χ4n) is 6.87. The molecule has 0 fully saturated rings. The molecule has 2 aromatic heterocycles. The van der Waals surface area contributed by atoms with E-state index >= 15 is 0 Å². The average Bonchev–Trinajstić information content (AvgIpc) is 3.52. The number of carbonyl (C=O) groups is 1. The number of nitrogens with zero attached hydrogens (tertiary/aromatic N) is 2. The van der Waals surface area contributed by atoms with Crippen molar-refractivity contribution in [1.82, 2.24) is 9.97 Å². The van der Waals surface area contributed by atoms with Crippen LogP contribution in [0.3, 0.4) is 0 Å². The van der Waals surface area contributed by atoms with E-state index in [1.165, 1.54) is 44.2 Å². The van der Waals surface area contributed by atoms with E-state index in [4.69, 9.17) is 4.98 Å². The quantitative estimate of drug-likeness (QED) is 0.0895. The molecule has 0 saturated heterocycles. The SMILES string of the molecule is CCC(CC)C(=O)/C=C(\O)C(CC)CC.[Ir].[c-]1c(-c2ncnc3sc4c(c23)-c2ccccc2CC4)cc(-c2ccccc2)c2ccccc12. The van der Waals surface area contributed by atoms with Crippen molar-refractivity contribution in [3.05, 3.63) is 120 Å². The van der Waals surface area contributed by atoms with Gasteiger partial charge in [0.2, 0.25) is 0 Å². The van der Waals surface area contributed by atoms with Crippen LogP contribution in [0.1, 0.15) is 63.8 Å². The Bertz CT molecular complexity index is 2080. The van der Waals surface area contributed by atoms with Gasteiger partial charge in [0.05, 0.1) is 5.76 Å². The van der Waals surface area contributed by atoms with Crippen LogP contribution in [-0.4, -0.2) is 20.9 Å². The molecule has 1 aliphatic rings.